The number of nitrogens with zero attached hydrogens (tertiary/aromatic N) is 1. The van der Waals surface area contributed by atoms with Crippen LogP contribution in [0.4, 0.5) is 0 Å². The van der Waals surface area contributed by atoms with E-state index in [1.165, 1.54) is 10.9 Å². The second-order valence-electron chi connectivity index (χ2n) is 3.36. The van der Waals surface area contributed by atoms with Gasteiger partial charge in [-0.05, 0) is 12.5 Å². The molecule has 0 spiro atoms. The molecule has 0 saturated heterocycles. The van der Waals surface area contributed by atoms with Gasteiger partial charge in [-0.1, -0.05) is 18.2 Å². The molecule has 1 aliphatic heterocycles. The molecule has 0 amide bonds. The molecule has 2 aromatic rings. The molecule has 0 bridgehead atoms. The van der Waals surface area contributed by atoms with Gasteiger partial charge in [0, 0.05) is 17.5 Å². The molecule has 2 nitrogen and oxygen atoms in total. The van der Waals surface area contributed by atoms with Gasteiger partial charge in [-0.2, -0.15) is 0 Å². The highest BCUT2D eigenvalue weighted by atomic mass is 16.3. The molecular formula is C11H10NO. The predicted octanol–water partition coefficient (Wildman–Crippen LogP) is 2.09. The maximum atomic E-state index is 5.70. The molecule has 1 aliphatic rings. The zero-order valence-corrected chi connectivity index (χ0v) is 7.29. The van der Waals surface area contributed by atoms with E-state index in [2.05, 4.69) is 17.4 Å². The molecule has 2 heteroatoms. The predicted molar refractivity (Wildman–Crippen MR) is 50.6 cm³/mol. The van der Waals surface area contributed by atoms with Crippen molar-refractivity contribution in [2.45, 2.75) is 13.0 Å². The van der Waals surface area contributed by atoms with Gasteiger partial charge in [-0.15, -0.1) is 0 Å². The summed E-state index contributed by atoms with van der Waals surface area (Å²) in [5, 5.41) is 5.59. The summed E-state index contributed by atoms with van der Waals surface area (Å²) >= 11 is 0. The maximum Gasteiger partial charge on any atom is 0.134 e. The molecule has 0 fully saturated rings. The van der Waals surface area contributed by atoms with Gasteiger partial charge < -0.3 is 4.42 Å². The van der Waals surface area contributed by atoms with Crippen LogP contribution in [0.3, 0.4) is 0 Å². The van der Waals surface area contributed by atoms with Crippen LogP contribution in [0.15, 0.2) is 28.7 Å². The normalized spacial score (nSPS) is 16.0. The van der Waals surface area contributed by atoms with Crippen molar-refractivity contribution in [2.24, 2.45) is 0 Å². The number of fused-ring (bicyclic) bond motifs is 3. The topological polar surface area (TPSA) is 27.2 Å². The van der Waals surface area contributed by atoms with Crippen LogP contribution in [-0.4, -0.2) is 6.54 Å². The third-order valence-electron chi connectivity index (χ3n) is 2.56. The first-order valence-electron chi connectivity index (χ1n) is 4.58. The Morgan fingerprint density at radius 2 is 2.15 bits per heavy atom. The summed E-state index contributed by atoms with van der Waals surface area (Å²) < 4.78 is 5.70. The van der Waals surface area contributed by atoms with Crippen molar-refractivity contribution in [1.29, 1.82) is 0 Å². The first-order valence-corrected chi connectivity index (χ1v) is 4.58. The molecule has 1 radical (unpaired) electrons. The average Bonchev–Trinajstić information content (AvgIpc) is 2.56. The highest BCUT2D eigenvalue weighted by molar-refractivity contribution is 5.82. The van der Waals surface area contributed by atoms with Crippen molar-refractivity contribution >= 4 is 11.0 Å². The zero-order valence-electron chi connectivity index (χ0n) is 7.29. The second kappa shape index (κ2) is 2.60. The highest BCUT2D eigenvalue weighted by Crippen LogP contribution is 2.27. The molecule has 2 heterocycles. The summed E-state index contributed by atoms with van der Waals surface area (Å²) in [6.07, 6.45) is 1.03. The third kappa shape index (κ3) is 0.988. The summed E-state index contributed by atoms with van der Waals surface area (Å²) in [6.45, 7) is 1.69. The molecular weight excluding hydrogens is 162 g/mol. The lowest BCUT2D eigenvalue weighted by atomic mass is 10.1. The lowest BCUT2D eigenvalue weighted by Crippen LogP contribution is -2.15. The van der Waals surface area contributed by atoms with Crippen molar-refractivity contribution in [3.8, 4) is 0 Å². The van der Waals surface area contributed by atoms with E-state index in [1.54, 1.807) is 0 Å². The molecule has 0 aliphatic carbocycles. The summed E-state index contributed by atoms with van der Waals surface area (Å²) in [5.41, 5.74) is 2.37. The molecule has 0 saturated carbocycles. The molecule has 1 aromatic carbocycles. The molecule has 65 valence electrons. The minimum atomic E-state index is 0.754. The Hall–Kier alpha value is -1.28. The van der Waals surface area contributed by atoms with Crippen molar-refractivity contribution in [3.05, 3.63) is 35.6 Å². The smallest absolute Gasteiger partial charge is 0.134 e. The van der Waals surface area contributed by atoms with E-state index >= 15 is 0 Å². The number of benzene rings is 1. The molecule has 0 N–H and O–H groups in total. The van der Waals surface area contributed by atoms with Crippen LogP contribution >= 0.6 is 0 Å². The standard InChI is InChI=1S/C11H10NO/c1-2-4-10-8(3-1)9-5-6-12-7-11(9)13-10/h1-4H,5-7H2. The van der Waals surface area contributed by atoms with Crippen molar-refractivity contribution in [2.75, 3.05) is 6.54 Å². The fourth-order valence-corrected chi connectivity index (χ4v) is 1.92. The van der Waals surface area contributed by atoms with E-state index in [4.69, 9.17) is 4.42 Å². The monoisotopic (exact) mass is 172 g/mol. The van der Waals surface area contributed by atoms with Crippen LogP contribution in [-0.2, 0) is 13.0 Å². The molecule has 3 rings (SSSR count). The van der Waals surface area contributed by atoms with Crippen LogP contribution in [0.5, 0.6) is 0 Å². The van der Waals surface area contributed by atoms with E-state index in [-0.39, 0.29) is 0 Å². The van der Waals surface area contributed by atoms with E-state index in [1.807, 2.05) is 12.1 Å². The Morgan fingerprint density at radius 3 is 3.15 bits per heavy atom. The highest BCUT2D eigenvalue weighted by Gasteiger charge is 2.16. The summed E-state index contributed by atoms with van der Waals surface area (Å²) in [4.78, 5) is 0. The average molecular weight is 172 g/mol. The van der Waals surface area contributed by atoms with Gasteiger partial charge in [0.05, 0.1) is 6.54 Å². The van der Waals surface area contributed by atoms with Gasteiger partial charge in [-0.25, -0.2) is 5.32 Å². The lowest BCUT2D eigenvalue weighted by molar-refractivity contribution is 0.483. The van der Waals surface area contributed by atoms with Gasteiger partial charge in [0.15, 0.2) is 0 Å². The SMILES string of the molecule is c1ccc2c3c(oc2c1)C[N]CC3. The Morgan fingerprint density at radius 1 is 1.23 bits per heavy atom. The minimum absolute atomic E-state index is 0.754. The van der Waals surface area contributed by atoms with Gasteiger partial charge >= 0.3 is 0 Å². The summed E-state index contributed by atoms with van der Waals surface area (Å²) in [7, 11) is 0. The molecule has 13 heavy (non-hydrogen) atoms. The summed E-state index contributed by atoms with van der Waals surface area (Å²) in [6, 6.07) is 8.22. The Labute approximate surface area is 76.5 Å². The molecule has 0 atom stereocenters. The minimum Gasteiger partial charge on any atom is -0.459 e. The van der Waals surface area contributed by atoms with Gasteiger partial charge in [0.2, 0.25) is 0 Å². The quantitative estimate of drug-likeness (QED) is 0.597. The van der Waals surface area contributed by atoms with Crippen LogP contribution in [0.1, 0.15) is 11.3 Å². The van der Waals surface area contributed by atoms with E-state index in [9.17, 15) is 0 Å². The van der Waals surface area contributed by atoms with Crippen LogP contribution in [0, 0.1) is 0 Å². The Bertz CT molecular complexity index is 444. The fourth-order valence-electron chi connectivity index (χ4n) is 1.92. The van der Waals surface area contributed by atoms with Gasteiger partial charge in [0.25, 0.3) is 0 Å². The number of para-hydroxylation sites is 1. The Kier molecular flexibility index (Phi) is 1.43. The van der Waals surface area contributed by atoms with Crippen molar-refractivity contribution < 1.29 is 4.42 Å². The van der Waals surface area contributed by atoms with Crippen molar-refractivity contribution in [1.82, 2.24) is 5.32 Å². The number of rotatable bonds is 0. The Balaban J connectivity index is 2.34. The number of hydrogen-bond donors (Lipinski definition) is 0. The zero-order chi connectivity index (χ0) is 8.67. The van der Waals surface area contributed by atoms with Crippen LogP contribution < -0.4 is 5.32 Å². The maximum absolute atomic E-state index is 5.70. The number of furan rings is 1. The summed E-state index contributed by atoms with van der Waals surface area (Å²) in [5.74, 6) is 1.06. The molecule has 1 aromatic heterocycles. The molecule has 0 unspecified atom stereocenters. The van der Waals surface area contributed by atoms with Crippen molar-refractivity contribution in [3.63, 3.8) is 0 Å². The largest absolute Gasteiger partial charge is 0.459 e. The first-order chi connectivity index (χ1) is 6.45. The fraction of sp³-hybridized carbons (Fsp3) is 0.273. The third-order valence-corrected chi connectivity index (χ3v) is 2.56. The lowest BCUT2D eigenvalue weighted by Gasteiger charge is -2.08. The number of hydrogen-bond acceptors (Lipinski definition) is 1. The van der Waals surface area contributed by atoms with E-state index < -0.39 is 0 Å². The van der Waals surface area contributed by atoms with Crippen LogP contribution in [0.25, 0.3) is 11.0 Å². The van der Waals surface area contributed by atoms with Gasteiger partial charge in [0.1, 0.15) is 11.3 Å². The first kappa shape index (κ1) is 7.15. The van der Waals surface area contributed by atoms with E-state index in [0.717, 1.165) is 30.9 Å². The second-order valence-corrected chi connectivity index (χ2v) is 3.36. The van der Waals surface area contributed by atoms with E-state index in [0.29, 0.717) is 0 Å². The van der Waals surface area contributed by atoms with Gasteiger partial charge in [-0.3, -0.25) is 0 Å². The van der Waals surface area contributed by atoms with Crippen LogP contribution in [0.2, 0.25) is 0 Å².